The Morgan fingerprint density at radius 2 is 2.42 bits per heavy atom. The van der Waals surface area contributed by atoms with Crippen LogP contribution in [0.4, 0.5) is 0 Å². The molecule has 3 aliphatic heterocycles. The fraction of sp³-hybridized carbons (Fsp3) is 0.800. The van der Waals surface area contributed by atoms with Crippen LogP contribution in [0.3, 0.4) is 0 Å². The SMILES string of the molecule is C#C[C@@H]1CN2CC[C@H]1C[C@H]2CN. The summed E-state index contributed by atoms with van der Waals surface area (Å²) >= 11 is 0. The normalized spacial score (nSPS) is 45.7. The van der Waals surface area contributed by atoms with Crippen molar-refractivity contribution in [3.63, 3.8) is 0 Å². The van der Waals surface area contributed by atoms with Crippen molar-refractivity contribution in [3.8, 4) is 12.3 Å². The van der Waals surface area contributed by atoms with Gasteiger partial charge in [-0.05, 0) is 25.3 Å². The highest BCUT2D eigenvalue weighted by Gasteiger charge is 2.38. The largest absolute Gasteiger partial charge is 0.329 e. The number of fused-ring (bicyclic) bond motifs is 3. The Morgan fingerprint density at radius 3 is 2.92 bits per heavy atom. The Labute approximate surface area is 74.1 Å². The summed E-state index contributed by atoms with van der Waals surface area (Å²) in [6.07, 6.45) is 7.98. The molecule has 3 saturated heterocycles. The minimum Gasteiger partial charge on any atom is -0.329 e. The molecule has 66 valence electrons. The number of hydrogen-bond donors (Lipinski definition) is 1. The van der Waals surface area contributed by atoms with Crippen LogP contribution in [0.2, 0.25) is 0 Å². The number of hydrogen-bond acceptors (Lipinski definition) is 2. The lowest BCUT2D eigenvalue weighted by atomic mass is 9.76. The minimum atomic E-state index is 0.501. The molecule has 12 heavy (non-hydrogen) atoms. The van der Waals surface area contributed by atoms with Crippen LogP contribution in [0.5, 0.6) is 0 Å². The third-order valence-corrected chi connectivity index (χ3v) is 3.36. The van der Waals surface area contributed by atoms with E-state index in [1.54, 1.807) is 0 Å². The summed E-state index contributed by atoms with van der Waals surface area (Å²) in [4.78, 5) is 2.46. The van der Waals surface area contributed by atoms with Crippen LogP contribution in [0, 0.1) is 24.2 Å². The fourth-order valence-electron chi connectivity index (χ4n) is 2.57. The van der Waals surface area contributed by atoms with E-state index in [1.165, 1.54) is 19.4 Å². The van der Waals surface area contributed by atoms with Crippen LogP contribution in [-0.2, 0) is 0 Å². The lowest BCUT2D eigenvalue weighted by molar-refractivity contribution is 0.0267. The van der Waals surface area contributed by atoms with Gasteiger partial charge in [0.1, 0.15) is 0 Å². The van der Waals surface area contributed by atoms with Gasteiger partial charge in [-0.3, -0.25) is 4.90 Å². The number of rotatable bonds is 1. The second-order valence-corrected chi connectivity index (χ2v) is 3.94. The molecule has 0 aliphatic carbocycles. The molecule has 3 aliphatic rings. The lowest BCUT2D eigenvalue weighted by Crippen LogP contribution is -2.55. The zero-order chi connectivity index (χ0) is 8.55. The van der Waals surface area contributed by atoms with Gasteiger partial charge in [-0.15, -0.1) is 12.3 Å². The molecule has 0 aromatic carbocycles. The molecule has 2 nitrogen and oxygen atoms in total. The minimum absolute atomic E-state index is 0.501. The topological polar surface area (TPSA) is 29.3 Å². The van der Waals surface area contributed by atoms with E-state index >= 15 is 0 Å². The highest BCUT2D eigenvalue weighted by molar-refractivity contribution is 5.05. The molecule has 0 spiro atoms. The second-order valence-electron chi connectivity index (χ2n) is 3.94. The van der Waals surface area contributed by atoms with Gasteiger partial charge >= 0.3 is 0 Å². The summed E-state index contributed by atoms with van der Waals surface area (Å²) in [6, 6.07) is 0.619. The summed E-state index contributed by atoms with van der Waals surface area (Å²) in [5.74, 6) is 4.16. The van der Waals surface area contributed by atoms with Gasteiger partial charge in [0.05, 0.1) is 0 Å². The molecule has 2 bridgehead atoms. The quantitative estimate of drug-likeness (QED) is 0.564. The maximum Gasteiger partial charge on any atom is 0.0356 e. The molecule has 2 heteroatoms. The molecule has 3 fully saturated rings. The van der Waals surface area contributed by atoms with E-state index < -0.39 is 0 Å². The molecular formula is C10H16N2. The summed E-state index contributed by atoms with van der Waals surface area (Å²) in [5.41, 5.74) is 5.68. The molecule has 3 heterocycles. The van der Waals surface area contributed by atoms with E-state index in [-0.39, 0.29) is 0 Å². The van der Waals surface area contributed by atoms with E-state index in [1.807, 2.05) is 0 Å². The molecule has 0 aromatic rings. The highest BCUT2D eigenvalue weighted by atomic mass is 15.2. The standard InChI is InChI=1S/C10H16N2/c1-2-8-7-12-4-3-9(8)5-10(12)6-11/h1,8-10H,3-7,11H2/t8-,9+,10+/m1/s1. The fourth-order valence-corrected chi connectivity index (χ4v) is 2.57. The van der Waals surface area contributed by atoms with Crippen molar-refractivity contribution in [1.82, 2.24) is 4.90 Å². The van der Waals surface area contributed by atoms with Gasteiger partial charge in [-0.2, -0.15) is 0 Å². The molecule has 4 atom stereocenters. The van der Waals surface area contributed by atoms with Crippen LogP contribution < -0.4 is 5.73 Å². The Hall–Kier alpha value is -0.520. The molecular weight excluding hydrogens is 148 g/mol. The van der Waals surface area contributed by atoms with Crippen LogP contribution >= 0.6 is 0 Å². The van der Waals surface area contributed by atoms with E-state index in [0.29, 0.717) is 12.0 Å². The third-order valence-electron chi connectivity index (χ3n) is 3.36. The Bertz CT molecular complexity index is 206. The number of piperidine rings is 3. The first kappa shape index (κ1) is 8.10. The molecule has 3 rings (SSSR count). The predicted octanol–water partition coefficient (Wildman–Crippen LogP) is 0.289. The predicted molar refractivity (Wildman–Crippen MR) is 49.5 cm³/mol. The molecule has 1 unspecified atom stereocenters. The molecule has 0 radical (unpaired) electrons. The zero-order valence-corrected chi connectivity index (χ0v) is 7.37. The van der Waals surface area contributed by atoms with Gasteiger partial charge in [-0.25, -0.2) is 0 Å². The number of nitrogens with zero attached hydrogens (tertiary/aromatic N) is 1. The summed E-state index contributed by atoms with van der Waals surface area (Å²) < 4.78 is 0. The first-order chi connectivity index (χ1) is 5.85. The van der Waals surface area contributed by atoms with Gasteiger partial charge in [0.2, 0.25) is 0 Å². The first-order valence-electron chi connectivity index (χ1n) is 4.75. The Kier molecular flexibility index (Phi) is 2.08. The van der Waals surface area contributed by atoms with Gasteiger partial charge < -0.3 is 5.73 Å². The van der Waals surface area contributed by atoms with E-state index in [0.717, 1.165) is 19.0 Å². The van der Waals surface area contributed by atoms with Crippen molar-refractivity contribution in [2.75, 3.05) is 19.6 Å². The maximum absolute atomic E-state index is 5.68. The van der Waals surface area contributed by atoms with Gasteiger partial charge in [0.25, 0.3) is 0 Å². The van der Waals surface area contributed by atoms with Crippen LogP contribution in [0.25, 0.3) is 0 Å². The molecule has 2 N–H and O–H groups in total. The third kappa shape index (κ3) is 1.14. The molecule has 0 aromatic heterocycles. The summed E-state index contributed by atoms with van der Waals surface area (Å²) in [5, 5.41) is 0. The van der Waals surface area contributed by atoms with E-state index in [4.69, 9.17) is 12.2 Å². The van der Waals surface area contributed by atoms with E-state index in [2.05, 4.69) is 10.8 Å². The Morgan fingerprint density at radius 1 is 1.58 bits per heavy atom. The van der Waals surface area contributed by atoms with Crippen molar-refractivity contribution in [3.05, 3.63) is 0 Å². The van der Waals surface area contributed by atoms with Crippen molar-refractivity contribution >= 4 is 0 Å². The first-order valence-corrected chi connectivity index (χ1v) is 4.75. The Balaban J connectivity index is 2.07. The molecule has 0 saturated carbocycles. The monoisotopic (exact) mass is 164 g/mol. The van der Waals surface area contributed by atoms with Gasteiger partial charge in [0, 0.05) is 25.0 Å². The van der Waals surface area contributed by atoms with Crippen molar-refractivity contribution in [2.45, 2.75) is 18.9 Å². The van der Waals surface area contributed by atoms with Gasteiger partial charge in [-0.1, -0.05) is 0 Å². The van der Waals surface area contributed by atoms with Crippen molar-refractivity contribution in [1.29, 1.82) is 0 Å². The highest BCUT2D eigenvalue weighted by Crippen LogP contribution is 2.35. The maximum atomic E-state index is 5.68. The number of nitrogens with two attached hydrogens (primary N) is 1. The van der Waals surface area contributed by atoms with Crippen LogP contribution in [0.1, 0.15) is 12.8 Å². The average molecular weight is 164 g/mol. The van der Waals surface area contributed by atoms with Crippen molar-refractivity contribution < 1.29 is 0 Å². The van der Waals surface area contributed by atoms with Crippen LogP contribution in [-0.4, -0.2) is 30.6 Å². The van der Waals surface area contributed by atoms with Gasteiger partial charge in [0.15, 0.2) is 0 Å². The van der Waals surface area contributed by atoms with Crippen LogP contribution in [0.15, 0.2) is 0 Å². The molecule has 0 amide bonds. The van der Waals surface area contributed by atoms with E-state index in [9.17, 15) is 0 Å². The van der Waals surface area contributed by atoms with Crippen molar-refractivity contribution in [2.24, 2.45) is 17.6 Å². The lowest BCUT2D eigenvalue weighted by Gasteiger charge is -2.48. The smallest absolute Gasteiger partial charge is 0.0356 e. The second kappa shape index (κ2) is 3.08. The summed E-state index contributed by atoms with van der Waals surface area (Å²) in [7, 11) is 0. The summed E-state index contributed by atoms with van der Waals surface area (Å²) in [6.45, 7) is 3.10. The number of terminal acetylenes is 1. The zero-order valence-electron chi connectivity index (χ0n) is 7.37. The average Bonchev–Trinajstić information content (AvgIpc) is 2.18.